The summed E-state index contributed by atoms with van der Waals surface area (Å²) in [5, 5.41) is 0. The molecule has 7 heteroatoms. The first-order valence-corrected chi connectivity index (χ1v) is 8.04. The van der Waals surface area contributed by atoms with Crippen LogP contribution in [0.15, 0.2) is 24.5 Å². The largest absolute Gasteiger partial charge is 0.444 e. The van der Waals surface area contributed by atoms with Crippen molar-refractivity contribution in [1.82, 2.24) is 19.8 Å². The summed E-state index contributed by atoms with van der Waals surface area (Å²) in [7, 11) is 0. The maximum Gasteiger partial charge on any atom is 0.410 e. The summed E-state index contributed by atoms with van der Waals surface area (Å²) >= 11 is 0. The van der Waals surface area contributed by atoms with Crippen molar-refractivity contribution in [1.29, 1.82) is 0 Å². The monoisotopic (exact) mass is 330 g/mol. The number of amides is 2. The molecule has 2 aromatic rings. The highest BCUT2D eigenvalue weighted by molar-refractivity contribution is 5.97. The highest BCUT2D eigenvalue weighted by Gasteiger charge is 2.28. The number of nitrogens with zero attached hydrogens (tertiary/aromatic N) is 3. The molecule has 24 heavy (non-hydrogen) atoms. The molecule has 1 fully saturated rings. The van der Waals surface area contributed by atoms with E-state index in [1.807, 2.05) is 32.9 Å². The lowest BCUT2D eigenvalue weighted by Gasteiger charge is -2.35. The van der Waals surface area contributed by atoms with Gasteiger partial charge in [-0.3, -0.25) is 4.79 Å². The van der Waals surface area contributed by atoms with Crippen molar-refractivity contribution >= 4 is 23.0 Å². The van der Waals surface area contributed by atoms with E-state index in [2.05, 4.69) is 9.97 Å². The van der Waals surface area contributed by atoms with E-state index < -0.39 is 5.60 Å². The summed E-state index contributed by atoms with van der Waals surface area (Å²) in [4.78, 5) is 35.3. The third-order valence-corrected chi connectivity index (χ3v) is 3.89. The quantitative estimate of drug-likeness (QED) is 0.870. The van der Waals surface area contributed by atoms with Gasteiger partial charge >= 0.3 is 6.09 Å². The highest BCUT2D eigenvalue weighted by atomic mass is 16.6. The molecule has 2 amide bonds. The smallest absolute Gasteiger partial charge is 0.410 e. The molecule has 0 aliphatic carbocycles. The van der Waals surface area contributed by atoms with Crippen molar-refractivity contribution in [3.05, 3.63) is 30.1 Å². The number of ether oxygens (including phenoxy) is 1. The van der Waals surface area contributed by atoms with Gasteiger partial charge in [-0.2, -0.15) is 0 Å². The van der Waals surface area contributed by atoms with Crippen LogP contribution in [0.3, 0.4) is 0 Å². The van der Waals surface area contributed by atoms with E-state index in [1.165, 1.54) is 0 Å². The predicted octanol–water partition coefficient (Wildman–Crippen LogP) is 2.26. The molecule has 1 aliphatic heterocycles. The maximum absolute atomic E-state index is 12.6. The zero-order valence-corrected chi connectivity index (χ0v) is 14.2. The Morgan fingerprint density at radius 3 is 2.46 bits per heavy atom. The van der Waals surface area contributed by atoms with E-state index in [-0.39, 0.29) is 12.0 Å². The molecule has 1 N–H and O–H groups in total. The lowest BCUT2D eigenvalue weighted by Crippen LogP contribution is -2.51. The molecular weight excluding hydrogens is 308 g/mol. The minimum Gasteiger partial charge on any atom is -0.444 e. The number of H-pyrrole nitrogens is 1. The molecule has 1 aromatic carbocycles. The van der Waals surface area contributed by atoms with Crippen LogP contribution in [0.1, 0.15) is 31.1 Å². The van der Waals surface area contributed by atoms with Gasteiger partial charge in [0, 0.05) is 31.7 Å². The van der Waals surface area contributed by atoms with Crippen molar-refractivity contribution in [3.63, 3.8) is 0 Å². The lowest BCUT2D eigenvalue weighted by molar-refractivity contribution is 0.0141. The molecule has 0 atom stereocenters. The number of nitrogens with one attached hydrogen (secondary N) is 1. The third-order valence-electron chi connectivity index (χ3n) is 3.89. The summed E-state index contributed by atoms with van der Waals surface area (Å²) in [5.74, 6) is -0.0321. The first kappa shape index (κ1) is 16.3. The van der Waals surface area contributed by atoms with Crippen LogP contribution in [0.4, 0.5) is 4.79 Å². The molecule has 128 valence electrons. The van der Waals surface area contributed by atoms with Gasteiger partial charge in [-0.05, 0) is 39.0 Å². The number of hydrogen-bond donors (Lipinski definition) is 1. The molecule has 1 aromatic heterocycles. The lowest BCUT2D eigenvalue weighted by atomic mass is 10.1. The number of imidazole rings is 1. The van der Waals surface area contributed by atoms with Gasteiger partial charge in [0.05, 0.1) is 17.4 Å². The van der Waals surface area contributed by atoms with Crippen LogP contribution in [-0.4, -0.2) is 63.5 Å². The van der Waals surface area contributed by atoms with Crippen molar-refractivity contribution in [2.75, 3.05) is 26.2 Å². The van der Waals surface area contributed by atoms with E-state index in [9.17, 15) is 9.59 Å². The van der Waals surface area contributed by atoms with Gasteiger partial charge in [0.15, 0.2) is 0 Å². The number of benzene rings is 1. The van der Waals surface area contributed by atoms with E-state index in [0.717, 1.165) is 11.0 Å². The van der Waals surface area contributed by atoms with Gasteiger partial charge in [-0.1, -0.05) is 0 Å². The molecule has 0 saturated carbocycles. The first-order chi connectivity index (χ1) is 11.3. The summed E-state index contributed by atoms with van der Waals surface area (Å²) in [5.41, 5.74) is 1.79. The van der Waals surface area contributed by atoms with Gasteiger partial charge in [0.1, 0.15) is 5.60 Å². The van der Waals surface area contributed by atoms with Crippen molar-refractivity contribution in [2.45, 2.75) is 26.4 Å². The Labute approximate surface area is 140 Å². The van der Waals surface area contributed by atoms with E-state index in [4.69, 9.17) is 4.74 Å². The van der Waals surface area contributed by atoms with Crippen LogP contribution in [0.5, 0.6) is 0 Å². The summed E-state index contributed by atoms with van der Waals surface area (Å²) in [6, 6.07) is 5.42. The van der Waals surface area contributed by atoms with Crippen LogP contribution >= 0.6 is 0 Å². The molecule has 2 heterocycles. The minimum atomic E-state index is -0.510. The average Bonchev–Trinajstić information content (AvgIpc) is 3.00. The van der Waals surface area contributed by atoms with Gasteiger partial charge in [-0.25, -0.2) is 9.78 Å². The Hall–Kier alpha value is -2.57. The predicted molar refractivity (Wildman–Crippen MR) is 89.8 cm³/mol. The SMILES string of the molecule is CC(C)(C)OC(=O)N1CCN(C(=O)c2ccc3nc[nH]c3c2)CC1. The topological polar surface area (TPSA) is 78.5 Å². The fourth-order valence-corrected chi connectivity index (χ4v) is 2.67. The molecular formula is C17H22N4O3. The Balaban J connectivity index is 1.61. The standard InChI is InChI=1S/C17H22N4O3/c1-17(2,3)24-16(23)21-8-6-20(7-9-21)15(22)12-4-5-13-14(10-12)19-11-18-13/h4-5,10-11H,6-9H2,1-3H3,(H,18,19). The second-order valence-corrected chi connectivity index (χ2v) is 6.89. The molecule has 0 spiro atoms. The molecule has 0 bridgehead atoms. The number of rotatable bonds is 1. The second kappa shape index (κ2) is 6.14. The molecule has 7 nitrogen and oxygen atoms in total. The number of fused-ring (bicyclic) bond motifs is 1. The molecule has 0 unspecified atom stereocenters. The van der Waals surface area contributed by atoms with E-state index in [0.29, 0.717) is 31.7 Å². The average molecular weight is 330 g/mol. The van der Waals surface area contributed by atoms with E-state index >= 15 is 0 Å². The Bertz CT molecular complexity index is 755. The molecule has 1 saturated heterocycles. The summed E-state index contributed by atoms with van der Waals surface area (Å²) in [6.45, 7) is 7.49. The second-order valence-electron chi connectivity index (χ2n) is 6.89. The van der Waals surface area contributed by atoms with Crippen molar-refractivity contribution < 1.29 is 14.3 Å². The third kappa shape index (κ3) is 3.50. The number of aromatic amines is 1. The fourth-order valence-electron chi connectivity index (χ4n) is 2.67. The first-order valence-electron chi connectivity index (χ1n) is 8.04. The van der Waals surface area contributed by atoms with Gasteiger partial charge in [0.25, 0.3) is 5.91 Å². The molecule has 1 aliphatic rings. The zero-order valence-electron chi connectivity index (χ0n) is 14.2. The Morgan fingerprint density at radius 1 is 1.12 bits per heavy atom. The van der Waals surface area contributed by atoms with Gasteiger partial charge < -0.3 is 19.5 Å². The number of carbonyl (C=O) groups is 2. The zero-order chi connectivity index (χ0) is 17.3. The number of hydrogen-bond acceptors (Lipinski definition) is 4. The maximum atomic E-state index is 12.6. The fraction of sp³-hybridized carbons (Fsp3) is 0.471. The number of aromatic nitrogens is 2. The van der Waals surface area contributed by atoms with Gasteiger partial charge in [-0.15, -0.1) is 0 Å². The Kier molecular flexibility index (Phi) is 4.17. The Morgan fingerprint density at radius 2 is 1.79 bits per heavy atom. The minimum absolute atomic E-state index is 0.0321. The van der Waals surface area contributed by atoms with Crippen LogP contribution in [0.2, 0.25) is 0 Å². The van der Waals surface area contributed by atoms with E-state index in [1.54, 1.807) is 22.2 Å². The van der Waals surface area contributed by atoms with Crippen LogP contribution < -0.4 is 0 Å². The summed E-state index contributed by atoms with van der Waals surface area (Å²) in [6.07, 6.45) is 1.28. The van der Waals surface area contributed by atoms with Crippen molar-refractivity contribution in [2.24, 2.45) is 0 Å². The number of piperazine rings is 1. The number of carbonyl (C=O) groups excluding carboxylic acids is 2. The highest BCUT2D eigenvalue weighted by Crippen LogP contribution is 2.16. The van der Waals surface area contributed by atoms with Gasteiger partial charge in [0.2, 0.25) is 0 Å². The van der Waals surface area contributed by atoms with Crippen LogP contribution in [0.25, 0.3) is 11.0 Å². The molecule has 0 radical (unpaired) electrons. The van der Waals surface area contributed by atoms with Crippen molar-refractivity contribution in [3.8, 4) is 0 Å². The molecule has 3 rings (SSSR count). The van der Waals surface area contributed by atoms with Crippen LogP contribution in [-0.2, 0) is 4.74 Å². The van der Waals surface area contributed by atoms with Crippen LogP contribution in [0, 0.1) is 0 Å². The summed E-state index contributed by atoms with van der Waals surface area (Å²) < 4.78 is 5.37. The normalized spacial score (nSPS) is 15.6.